The summed E-state index contributed by atoms with van der Waals surface area (Å²) in [5.74, 6) is 1.19. The van der Waals surface area contributed by atoms with E-state index in [0.29, 0.717) is 0 Å². The molecule has 4 heteroatoms. The molecule has 2 rings (SSSR count). The van der Waals surface area contributed by atoms with Crippen molar-refractivity contribution in [1.82, 2.24) is 9.78 Å². The minimum absolute atomic E-state index is 1.04. The molecule has 0 spiro atoms. The number of rotatable bonds is 0. The maximum Gasteiger partial charge on any atom is 0.150 e. The average molecular weight is 166 g/mol. The summed E-state index contributed by atoms with van der Waals surface area (Å²) in [7, 11) is 4.08. The van der Waals surface area contributed by atoms with E-state index >= 15 is 0 Å². The van der Waals surface area contributed by atoms with Crippen LogP contribution in [-0.4, -0.2) is 29.9 Å². The molecule has 1 N–H and O–H groups in total. The van der Waals surface area contributed by atoms with Crippen molar-refractivity contribution in [2.75, 3.05) is 30.4 Å². The van der Waals surface area contributed by atoms with Crippen LogP contribution in [0.2, 0.25) is 0 Å². The number of nitrogens with one attached hydrogen (secondary N) is 1. The second-order valence-corrected chi connectivity index (χ2v) is 3.21. The van der Waals surface area contributed by atoms with E-state index in [-0.39, 0.29) is 0 Å². The second kappa shape index (κ2) is 2.69. The molecule has 0 aromatic carbocycles. The molecule has 1 aliphatic rings. The smallest absolute Gasteiger partial charge is 0.150 e. The molecule has 0 saturated carbocycles. The molecular formula is C8H14N4. The third kappa shape index (κ3) is 1.03. The lowest BCUT2D eigenvalue weighted by Crippen LogP contribution is -2.20. The highest BCUT2D eigenvalue weighted by atomic mass is 15.4. The molecule has 4 nitrogen and oxygen atoms in total. The summed E-state index contributed by atoms with van der Waals surface area (Å²) >= 11 is 0. The van der Waals surface area contributed by atoms with E-state index in [1.165, 1.54) is 12.2 Å². The molecule has 12 heavy (non-hydrogen) atoms. The van der Waals surface area contributed by atoms with E-state index in [1.807, 2.05) is 17.9 Å². The van der Waals surface area contributed by atoms with Gasteiger partial charge in [-0.1, -0.05) is 0 Å². The molecule has 2 heterocycles. The van der Waals surface area contributed by atoms with E-state index in [9.17, 15) is 0 Å². The second-order valence-electron chi connectivity index (χ2n) is 3.21. The molecule has 0 atom stereocenters. The number of hydrogen-bond acceptors (Lipinski definition) is 3. The van der Waals surface area contributed by atoms with Gasteiger partial charge in [0.1, 0.15) is 5.82 Å². The summed E-state index contributed by atoms with van der Waals surface area (Å²) in [5, 5.41) is 7.55. The molecule has 0 bridgehead atoms. The first-order valence-corrected chi connectivity index (χ1v) is 4.26. The van der Waals surface area contributed by atoms with Gasteiger partial charge in [-0.3, -0.25) is 4.68 Å². The van der Waals surface area contributed by atoms with Gasteiger partial charge in [0.2, 0.25) is 0 Å². The van der Waals surface area contributed by atoms with Gasteiger partial charge in [-0.2, -0.15) is 5.10 Å². The molecule has 0 saturated heterocycles. The normalized spacial score (nSPS) is 16.7. The summed E-state index contributed by atoms with van der Waals surface area (Å²) in [5.41, 5.74) is 1.15. The lowest BCUT2D eigenvalue weighted by molar-refractivity contribution is 0.727. The zero-order chi connectivity index (χ0) is 8.55. The number of anilines is 2. The Labute approximate surface area is 72.2 Å². The SMILES string of the molecule is CN1CCCNc2cnn(C)c21. The summed E-state index contributed by atoms with van der Waals surface area (Å²) < 4.78 is 1.91. The lowest BCUT2D eigenvalue weighted by atomic mass is 10.4. The molecule has 0 fully saturated rings. The first-order chi connectivity index (χ1) is 5.79. The van der Waals surface area contributed by atoms with Crippen LogP contribution in [0.4, 0.5) is 11.5 Å². The Morgan fingerprint density at radius 2 is 2.33 bits per heavy atom. The summed E-state index contributed by atoms with van der Waals surface area (Å²) in [6.07, 6.45) is 3.07. The number of nitrogens with zero attached hydrogens (tertiary/aromatic N) is 3. The van der Waals surface area contributed by atoms with Crippen LogP contribution in [-0.2, 0) is 7.05 Å². The van der Waals surface area contributed by atoms with E-state index in [0.717, 1.165) is 18.8 Å². The third-order valence-corrected chi connectivity index (χ3v) is 2.25. The highest BCUT2D eigenvalue weighted by molar-refractivity contribution is 5.65. The van der Waals surface area contributed by atoms with Crippen LogP contribution in [0.1, 0.15) is 6.42 Å². The van der Waals surface area contributed by atoms with E-state index in [4.69, 9.17) is 0 Å². The Morgan fingerprint density at radius 1 is 1.50 bits per heavy atom. The molecular weight excluding hydrogens is 152 g/mol. The van der Waals surface area contributed by atoms with Gasteiger partial charge < -0.3 is 10.2 Å². The van der Waals surface area contributed by atoms with Gasteiger partial charge in [-0.25, -0.2) is 0 Å². The monoisotopic (exact) mass is 166 g/mol. The zero-order valence-corrected chi connectivity index (χ0v) is 7.54. The van der Waals surface area contributed by atoms with Crippen molar-refractivity contribution in [3.63, 3.8) is 0 Å². The lowest BCUT2D eigenvalue weighted by Gasteiger charge is -2.16. The molecule has 0 aliphatic carbocycles. The highest BCUT2D eigenvalue weighted by Gasteiger charge is 2.15. The van der Waals surface area contributed by atoms with Gasteiger partial charge in [0.15, 0.2) is 0 Å². The molecule has 66 valence electrons. The number of fused-ring (bicyclic) bond motifs is 1. The fraction of sp³-hybridized carbons (Fsp3) is 0.625. The summed E-state index contributed by atoms with van der Waals surface area (Å²) in [6.45, 7) is 2.14. The van der Waals surface area contributed by atoms with Crippen molar-refractivity contribution in [2.24, 2.45) is 7.05 Å². The van der Waals surface area contributed by atoms with Crippen molar-refractivity contribution < 1.29 is 0 Å². The Bertz CT molecular complexity index is 279. The summed E-state index contributed by atoms with van der Waals surface area (Å²) in [6, 6.07) is 0. The van der Waals surface area contributed by atoms with Gasteiger partial charge in [0.05, 0.1) is 11.9 Å². The summed E-state index contributed by atoms with van der Waals surface area (Å²) in [4.78, 5) is 2.24. The zero-order valence-electron chi connectivity index (χ0n) is 7.54. The van der Waals surface area contributed by atoms with Crippen molar-refractivity contribution in [1.29, 1.82) is 0 Å². The number of aromatic nitrogens is 2. The van der Waals surface area contributed by atoms with Crippen molar-refractivity contribution in [2.45, 2.75) is 6.42 Å². The third-order valence-electron chi connectivity index (χ3n) is 2.25. The Balaban J connectivity index is 2.42. The number of hydrogen-bond donors (Lipinski definition) is 1. The Morgan fingerprint density at radius 3 is 3.17 bits per heavy atom. The maximum absolute atomic E-state index is 4.20. The quantitative estimate of drug-likeness (QED) is 0.615. The molecule has 0 unspecified atom stereocenters. The van der Waals surface area contributed by atoms with Crippen LogP contribution >= 0.6 is 0 Å². The van der Waals surface area contributed by atoms with Crippen LogP contribution in [0.15, 0.2) is 6.20 Å². The molecule has 1 aromatic rings. The molecule has 0 amide bonds. The predicted molar refractivity (Wildman–Crippen MR) is 49.6 cm³/mol. The van der Waals surface area contributed by atoms with E-state index in [1.54, 1.807) is 0 Å². The fourth-order valence-electron chi connectivity index (χ4n) is 1.65. The van der Waals surface area contributed by atoms with Gasteiger partial charge in [-0.05, 0) is 6.42 Å². The van der Waals surface area contributed by atoms with Crippen molar-refractivity contribution in [3.8, 4) is 0 Å². The van der Waals surface area contributed by atoms with Gasteiger partial charge in [0.25, 0.3) is 0 Å². The number of aryl methyl sites for hydroxylation is 1. The fourth-order valence-corrected chi connectivity index (χ4v) is 1.65. The van der Waals surface area contributed by atoms with Gasteiger partial charge >= 0.3 is 0 Å². The van der Waals surface area contributed by atoms with E-state index in [2.05, 4.69) is 22.4 Å². The Hall–Kier alpha value is -1.19. The topological polar surface area (TPSA) is 33.1 Å². The van der Waals surface area contributed by atoms with Crippen LogP contribution in [0.3, 0.4) is 0 Å². The van der Waals surface area contributed by atoms with E-state index < -0.39 is 0 Å². The standard InChI is InChI=1S/C8H14N4/c1-11-5-3-4-9-7-6-10-12(2)8(7)11/h6,9H,3-5H2,1-2H3. The maximum atomic E-state index is 4.20. The highest BCUT2D eigenvalue weighted by Crippen LogP contribution is 2.25. The molecule has 0 radical (unpaired) electrons. The van der Waals surface area contributed by atoms with Crippen LogP contribution in [0.5, 0.6) is 0 Å². The van der Waals surface area contributed by atoms with Crippen LogP contribution < -0.4 is 10.2 Å². The average Bonchev–Trinajstić information content (AvgIpc) is 2.29. The molecule has 1 aromatic heterocycles. The van der Waals surface area contributed by atoms with Crippen molar-refractivity contribution >= 4 is 11.5 Å². The first kappa shape index (κ1) is 7.46. The predicted octanol–water partition coefficient (Wildman–Crippen LogP) is 0.672. The van der Waals surface area contributed by atoms with Gasteiger partial charge in [0, 0.05) is 27.2 Å². The Kier molecular flexibility index (Phi) is 1.67. The van der Waals surface area contributed by atoms with Crippen LogP contribution in [0, 0.1) is 0 Å². The molecule has 1 aliphatic heterocycles. The van der Waals surface area contributed by atoms with Gasteiger partial charge in [-0.15, -0.1) is 0 Å². The largest absolute Gasteiger partial charge is 0.381 e. The van der Waals surface area contributed by atoms with Crippen molar-refractivity contribution in [3.05, 3.63) is 6.20 Å². The van der Waals surface area contributed by atoms with Crippen LogP contribution in [0.25, 0.3) is 0 Å². The minimum Gasteiger partial charge on any atom is -0.381 e. The minimum atomic E-state index is 1.04. The first-order valence-electron chi connectivity index (χ1n) is 4.26.